The van der Waals surface area contributed by atoms with Crippen LogP contribution in [0.25, 0.3) is 0 Å². The zero-order valence-corrected chi connectivity index (χ0v) is 15.0. The van der Waals surface area contributed by atoms with Gasteiger partial charge in [-0.15, -0.1) is 22.7 Å². The normalized spacial score (nSPS) is 13.3. The minimum absolute atomic E-state index is 0.0860. The molecule has 0 radical (unpaired) electrons. The van der Waals surface area contributed by atoms with Gasteiger partial charge in [-0.1, -0.05) is 18.5 Å². The van der Waals surface area contributed by atoms with E-state index in [4.69, 9.17) is 11.6 Å². The Kier molecular flexibility index (Phi) is 5.26. The average molecular weight is 366 g/mol. The predicted octanol–water partition coefficient (Wildman–Crippen LogP) is 3.64. The summed E-state index contributed by atoms with van der Waals surface area (Å²) >= 11 is 8.23. The van der Waals surface area contributed by atoms with Gasteiger partial charge in [0.2, 0.25) is 0 Å². The van der Waals surface area contributed by atoms with E-state index in [0.717, 1.165) is 29.1 Å². The van der Waals surface area contributed by atoms with Crippen LogP contribution < -0.4 is 10.0 Å². The van der Waals surface area contributed by atoms with E-state index < -0.39 is 10.0 Å². The lowest BCUT2D eigenvalue weighted by Gasteiger charge is -2.08. The molecule has 0 amide bonds. The fourth-order valence-electron chi connectivity index (χ4n) is 1.67. The van der Waals surface area contributed by atoms with Gasteiger partial charge in [-0.05, 0) is 32.0 Å². The molecule has 2 heterocycles. The van der Waals surface area contributed by atoms with E-state index in [1.807, 2.05) is 19.2 Å². The molecule has 1 atom stereocenters. The van der Waals surface area contributed by atoms with E-state index in [2.05, 4.69) is 15.0 Å². The van der Waals surface area contributed by atoms with Crippen LogP contribution in [0.1, 0.15) is 31.1 Å². The van der Waals surface area contributed by atoms with Crippen molar-refractivity contribution < 1.29 is 8.42 Å². The Morgan fingerprint density at radius 3 is 2.76 bits per heavy atom. The highest BCUT2D eigenvalue weighted by atomic mass is 35.5. The van der Waals surface area contributed by atoms with Gasteiger partial charge in [-0.3, -0.25) is 4.72 Å². The maximum absolute atomic E-state index is 12.3. The number of halogens is 1. The summed E-state index contributed by atoms with van der Waals surface area (Å²) < 4.78 is 27.7. The summed E-state index contributed by atoms with van der Waals surface area (Å²) in [4.78, 5) is 4.31. The molecule has 9 heteroatoms. The van der Waals surface area contributed by atoms with Crippen LogP contribution in [-0.2, 0) is 10.0 Å². The molecule has 2 N–H and O–H groups in total. The Labute approximate surface area is 137 Å². The summed E-state index contributed by atoms with van der Waals surface area (Å²) in [6, 6.07) is 1.65. The third-order valence-corrected chi connectivity index (χ3v) is 7.07. The van der Waals surface area contributed by atoms with E-state index in [1.54, 1.807) is 13.0 Å². The smallest absolute Gasteiger partial charge is 0.273 e. The molecule has 0 spiro atoms. The number of thiophene rings is 1. The zero-order chi connectivity index (χ0) is 15.6. The summed E-state index contributed by atoms with van der Waals surface area (Å²) in [5.41, 5.74) is 1.57. The first-order valence-corrected chi connectivity index (χ1v) is 9.86. The number of thiazole rings is 1. The molecular weight excluding hydrogens is 350 g/mol. The summed E-state index contributed by atoms with van der Waals surface area (Å²) in [5, 5.41) is 5.44. The number of aryl methyl sites for hydroxylation is 1. The standard InChI is InChI=1S/C12H16ClN3O2S3/c1-4-14-8(3)9-6-19-12(15-9)16-21(17,18)10-5-7(2)11(13)20-10/h5-6,8,14H,4H2,1-3H3,(H,15,16). The van der Waals surface area contributed by atoms with Crippen molar-refractivity contribution in [1.29, 1.82) is 0 Å². The van der Waals surface area contributed by atoms with Gasteiger partial charge in [0.1, 0.15) is 4.21 Å². The Hall–Kier alpha value is -0.670. The third-order valence-electron chi connectivity index (χ3n) is 2.80. The highest BCUT2D eigenvalue weighted by molar-refractivity contribution is 7.94. The van der Waals surface area contributed by atoms with E-state index >= 15 is 0 Å². The van der Waals surface area contributed by atoms with Crippen LogP contribution in [0.3, 0.4) is 0 Å². The minimum Gasteiger partial charge on any atom is -0.309 e. The maximum Gasteiger partial charge on any atom is 0.273 e. The molecule has 0 fully saturated rings. The van der Waals surface area contributed by atoms with Crippen LogP contribution in [0.15, 0.2) is 15.7 Å². The number of nitrogens with one attached hydrogen (secondary N) is 2. The van der Waals surface area contributed by atoms with Gasteiger partial charge in [-0.2, -0.15) is 0 Å². The van der Waals surface area contributed by atoms with Crippen LogP contribution in [-0.4, -0.2) is 19.9 Å². The molecule has 0 saturated heterocycles. The molecule has 21 heavy (non-hydrogen) atoms. The Morgan fingerprint density at radius 2 is 2.19 bits per heavy atom. The van der Waals surface area contributed by atoms with Crippen LogP contribution >= 0.6 is 34.3 Å². The van der Waals surface area contributed by atoms with Crippen molar-refractivity contribution in [1.82, 2.24) is 10.3 Å². The number of rotatable bonds is 6. The number of hydrogen-bond donors (Lipinski definition) is 2. The number of anilines is 1. The highest BCUT2D eigenvalue weighted by Gasteiger charge is 2.20. The Bertz CT molecular complexity index is 704. The predicted molar refractivity (Wildman–Crippen MR) is 89.1 cm³/mol. The molecule has 116 valence electrons. The molecule has 0 aliphatic heterocycles. The van der Waals surface area contributed by atoms with Gasteiger partial charge in [0, 0.05) is 11.4 Å². The molecule has 2 aromatic heterocycles. The third kappa shape index (κ3) is 3.95. The van der Waals surface area contributed by atoms with Crippen molar-refractivity contribution >= 4 is 49.4 Å². The average Bonchev–Trinajstić information content (AvgIpc) is 2.98. The summed E-state index contributed by atoms with van der Waals surface area (Å²) in [6.07, 6.45) is 0. The SMILES string of the molecule is CCNC(C)c1csc(NS(=O)(=O)c2cc(C)c(Cl)s2)n1. The summed E-state index contributed by atoms with van der Waals surface area (Å²) in [6.45, 7) is 6.60. The Balaban J connectivity index is 2.17. The van der Waals surface area contributed by atoms with Gasteiger partial charge in [-0.25, -0.2) is 13.4 Å². The van der Waals surface area contributed by atoms with Crippen LogP contribution in [0.4, 0.5) is 5.13 Å². The molecule has 0 aromatic carbocycles. The van der Waals surface area contributed by atoms with E-state index in [1.165, 1.54) is 11.3 Å². The second kappa shape index (κ2) is 6.62. The zero-order valence-electron chi connectivity index (χ0n) is 11.8. The van der Waals surface area contributed by atoms with Crippen molar-refractivity contribution in [3.63, 3.8) is 0 Å². The van der Waals surface area contributed by atoms with Gasteiger partial charge in [0.05, 0.1) is 10.0 Å². The van der Waals surface area contributed by atoms with Crippen molar-refractivity contribution in [3.8, 4) is 0 Å². The van der Waals surface area contributed by atoms with Crippen LogP contribution in [0.2, 0.25) is 4.34 Å². The Morgan fingerprint density at radius 1 is 1.48 bits per heavy atom. The molecule has 5 nitrogen and oxygen atoms in total. The van der Waals surface area contributed by atoms with Gasteiger partial charge >= 0.3 is 0 Å². The fraction of sp³-hybridized carbons (Fsp3) is 0.417. The number of hydrogen-bond acceptors (Lipinski definition) is 6. The maximum atomic E-state index is 12.3. The van der Waals surface area contributed by atoms with E-state index in [9.17, 15) is 8.42 Å². The highest BCUT2D eigenvalue weighted by Crippen LogP contribution is 2.32. The lowest BCUT2D eigenvalue weighted by atomic mass is 10.3. The molecule has 0 saturated carbocycles. The lowest BCUT2D eigenvalue weighted by Crippen LogP contribution is -2.18. The molecule has 0 aliphatic rings. The molecular formula is C12H16ClN3O2S3. The van der Waals surface area contributed by atoms with Crippen molar-refractivity contribution in [3.05, 3.63) is 27.0 Å². The minimum atomic E-state index is -3.63. The van der Waals surface area contributed by atoms with Crippen molar-refractivity contribution in [2.24, 2.45) is 0 Å². The first kappa shape index (κ1) is 16.7. The monoisotopic (exact) mass is 365 g/mol. The second-order valence-corrected chi connectivity index (χ2v) is 8.91. The van der Waals surface area contributed by atoms with Gasteiger partial charge < -0.3 is 5.32 Å². The topological polar surface area (TPSA) is 71.1 Å². The van der Waals surface area contributed by atoms with Crippen LogP contribution in [0.5, 0.6) is 0 Å². The van der Waals surface area contributed by atoms with Gasteiger partial charge in [0.15, 0.2) is 5.13 Å². The first-order valence-electron chi connectivity index (χ1n) is 6.31. The quantitative estimate of drug-likeness (QED) is 0.819. The van der Waals surface area contributed by atoms with Crippen molar-refractivity contribution in [2.75, 3.05) is 11.3 Å². The molecule has 0 aliphatic carbocycles. The molecule has 0 bridgehead atoms. The summed E-state index contributed by atoms with van der Waals surface area (Å²) in [5.74, 6) is 0. The second-order valence-electron chi connectivity index (χ2n) is 4.48. The van der Waals surface area contributed by atoms with Crippen LogP contribution in [0, 0.1) is 6.92 Å². The van der Waals surface area contributed by atoms with Gasteiger partial charge in [0.25, 0.3) is 10.0 Å². The number of aromatic nitrogens is 1. The molecule has 1 unspecified atom stereocenters. The number of nitrogens with zero attached hydrogens (tertiary/aromatic N) is 1. The largest absolute Gasteiger partial charge is 0.309 e. The van der Waals surface area contributed by atoms with E-state index in [-0.39, 0.29) is 10.3 Å². The lowest BCUT2D eigenvalue weighted by molar-refractivity contribution is 0.586. The summed E-state index contributed by atoms with van der Waals surface area (Å²) in [7, 11) is -3.63. The van der Waals surface area contributed by atoms with Crippen molar-refractivity contribution in [2.45, 2.75) is 31.0 Å². The first-order chi connectivity index (χ1) is 9.83. The molecule has 2 rings (SSSR count). The van der Waals surface area contributed by atoms with E-state index in [0.29, 0.717) is 9.47 Å². The molecule has 2 aromatic rings. The fourth-order valence-corrected chi connectivity index (χ4v) is 5.44. The number of sulfonamides is 1.